The first-order chi connectivity index (χ1) is 16.3. The first-order valence-corrected chi connectivity index (χ1v) is 11.2. The molecule has 0 saturated heterocycles. The number of thiophene rings is 2. The van der Waals surface area contributed by atoms with E-state index in [-0.39, 0.29) is 0 Å². The number of nitrogens with zero attached hydrogens (tertiary/aromatic N) is 4. The SMILES string of the molecule is Cc1c(C(=O)N/N=C\c2ccc(/C=N\NC(=O)c3sc(N)c(C#N)c3C)cc2)sc(N)c1C#N. The van der Waals surface area contributed by atoms with Gasteiger partial charge in [-0.1, -0.05) is 24.3 Å². The molecule has 2 aromatic heterocycles. The second-order valence-electron chi connectivity index (χ2n) is 6.88. The average molecular weight is 491 g/mol. The maximum Gasteiger partial charge on any atom is 0.281 e. The Labute approximate surface area is 202 Å². The molecule has 0 saturated carbocycles. The number of carbonyl (C=O) groups is 2. The lowest BCUT2D eigenvalue weighted by Gasteiger charge is -1.99. The average Bonchev–Trinajstić information content (AvgIpc) is 3.28. The van der Waals surface area contributed by atoms with Gasteiger partial charge in [-0.2, -0.15) is 20.7 Å². The van der Waals surface area contributed by atoms with Gasteiger partial charge in [-0.25, -0.2) is 10.9 Å². The van der Waals surface area contributed by atoms with Gasteiger partial charge < -0.3 is 11.5 Å². The summed E-state index contributed by atoms with van der Waals surface area (Å²) in [5.74, 6) is -0.896. The number of amides is 2. The van der Waals surface area contributed by atoms with Crippen LogP contribution >= 0.6 is 22.7 Å². The number of hydrogen-bond acceptors (Lipinski definition) is 10. The third-order valence-corrected chi connectivity index (χ3v) is 6.92. The lowest BCUT2D eigenvalue weighted by Crippen LogP contribution is -2.17. The smallest absolute Gasteiger partial charge is 0.281 e. The van der Waals surface area contributed by atoms with Crippen molar-refractivity contribution in [3.63, 3.8) is 0 Å². The highest BCUT2D eigenvalue weighted by atomic mass is 32.1. The first-order valence-electron chi connectivity index (χ1n) is 9.61. The molecule has 0 aliphatic carbocycles. The van der Waals surface area contributed by atoms with Crippen LogP contribution in [-0.2, 0) is 0 Å². The van der Waals surface area contributed by atoms with E-state index in [9.17, 15) is 9.59 Å². The summed E-state index contributed by atoms with van der Waals surface area (Å²) in [4.78, 5) is 25.2. The lowest BCUT2D eigenvalue weighted by atomic mass is 10.1. The summed E-state index contributed by atoms with van der Waals surface area (Å²) in [5.41, 5.74) is 19.4. The molecule has 0 bridgehead atoms. The van der Waals surface area contributed by atoms with Crippen LogP contribution in [0.2, 0.25) is 0 Å². The minimum atomic E-state index is -0.448. The fourth-order valence-corrected chi connectivity index (χ4v) is 4.71. The molecular weight excluding hydrogens is 472 g/mol. The van der Waals surface area contributed by atoms with Crippen LogP contribution in [0, 0.1) is 36.5 Å². The molecule has 1 aromatic carbocycles. The Balaban J connectivity index is 1.57. The van der Waals surface area contributed by atoms with Crippen LogP contribution in [0.15, 0.2) is 34.5 Å². The third kappa shape index (κ3) is 5.10. The number of rotatable bonds is 6. The molecule has 3 rings (SSSR count). The van der Waals surface area contributed by atoms with E-state index in [4.69, 9.17) is 22.0 Å². The van der Waals surface area contributed by atoms with E-state index < -0.39 is 11.8 Å². The zero-order valence-electron chi connectivity index (χ0n) is 18.0. The molecule has 3 aromatic rings. The van der Waals surface area contributed by atoms with E-state index in [2.05, 4.69) is 21.1 Å². The van der Waals surface area contributed by atoms with Gasteiger partial charge in [-0.15, -0.1) is 22.7 Å². The van der Waals surface area contributed by atoms with E-state index in [0.717, 1.165) is 33.8 Å². The van der Waals surface area contributed by atoms with Crippen LogP contribution in [0.1, 0.15) is 52.7 Å². The molecule has 0 fully saturated rings. The van der Waals surface area contributed by atoms with Gasteiger partial charge in [0.25, 0.3) is 11.8 Å². The predicted octanol–water partition coefficient (Wildman–Crippen LogP) is 2.86. The minimum absolute atomic E-state index is 0.296. The van der Waals surface area contributed by atoms with Crippen LogP contribution in [0.5, 0.6) is 0 Å². The number of hydrazone groups is 2. The summed E-state index contributed by atoms with van der Waals surface area (Å²) >= 11 is 2.08. The summed E-state index contributed by atoms with van der Waals surface area (Å²) in [6.07, 6.45) is 2.93. The summed E-state index contributed by atoms with van der Waals surface area (Å²) in [6.45, 7) is 3.32. The van der Waals surface area contributed by atoms with Crippen LogP contribution in [-0.4, -0.2) is 24.2 Å². The normalized spacial score (nSPS) is 10.8. The van der Waals surface area contributed by atoms with Crippen molar-refractivity contribution in [2.75, 3.05) is 11.5 Å². The molecule has 0 aliphatic heterocycles. The Bertz CT molecular complexity index is 1300. The van der Waals surface area contributed by atoms with Gasteiger partial charge >= 0.3 is 0 Å². The van der Waals surface area contributed by atoms with Gasteiger partial charge in [0, 0.05) is 0 Å². The van der Waals surface area contributed by atoms with Crippen molar-refractivity contribution in [1.29, 1.82) is 10.5 Å². The van der Waals surface area contributed by atoms with E-state index in [1.807, 2.05) is 12.1 Å². The number of nitrogen functional groups attached to an aromatic ring is 2. The topological polar surface area (TPSA) is 183 Å². The fraction of sp³-hybridized carbons (Fsp3) is 0.0909. The number of hydrogen-bond donors (Lipinski definition) is 4. The standard InChI is InChI=1S/C22H18N8O2S2/c1-11-15(7-23)19(25)33-17(11)21(31)29-27-9-13-3-5-14(6-4-13)10-28-30-22(32)18-12(2)16(8-24)20(26)34-18/h3-6,9-10H,25-26H2,1-2H3,(H,29,31)(H,30,32)/b27-9-,28-10-. The van der Waals surface area contributed by atoms with Crippen LogP contribution in [0.4, 0.5) is 10.0 Å². The van der Waals surface area contributed by atoms with Crippen molar-refractivity contribution in [3.05, 3.63) is 67.4 Å². The summed E-state index contributed by atoms with van der Waals surface area (Å²) in [5, 5.41) is 26.6. The monoisotopic (exact) mass is 490 g/mol. The van der Waals surface area contributed by atoms with Crippen molar-refractivity contribution in [1.82, 2.24) is 10.9 Å². The van der Waals surface area contributed by atoms with Crippen molar-refractivity contribution in [3.8, 4) is 12.1 Å². The van der Waals surface area contributed by atoms with Crippen molar-refractivity contribution in [2.24, 2.45) is 10.2 Å². The number of carbonyl (C=O) groups excluding carboxylic acids is 2. The van der Waals surface area contributed by atoms with Crippen molar-refractivity contribution >= 4 is 56.9 Å². The quantitative estimate of drug-likeness (QED) is 0.304. The molecule has 0 aliphatic rings. The largest absolute Gasteiger partial charge is 0.389 e. The summed E-state index contributed by atoms with van der Waals surface area (Å²) in [6, 6.07) is 11.0. The summed E-state index contributed by atoms with van der Waals surface area (Å²) in [7, 11) is 0. The maximum absolute atomic E-state index is 12.3. The molecule has 34 heavy (non-hydrogen) atoms. The Morgan fingerprint density at radius 2 is 1.18 bits per heavy atom. The molecule has 170 valence electrons. The molecule has 6 N–H and O–H groups in total. The predicted molar refractivity (Wildman–Crippen MR) is 133 cm³/mol. The zero-order chi connectivity index (χ0) is 24.8. The van der Waals surface area contributed by atoms with E-state index >= 15 is 0 Å². The fourth-order valence-electron chi connectivity index (χ4n) is 2.88. The highest BCUT2D eigenvalue weighted by molar-refractivity contribution is 7.18. The molecule has 0 radical (unpaired) electrons. The first kappa shape index (κ1) is 24.1. The van der Waals surface area contributed by atoms with Crippen LogP contribution in [0.25, 0.3) is 0 Å². The highest BCUT2D eigenvalue weighted by Crippen LogP contribution is 2.30. The van der Waals surface area contributed by atoms with Gasteiger partial charge in [-0.3, -0.25) is 9.59 Å². The molecule has 12 heteroatoms. The maximum atomic E-state index is 12.3. The summed E-state index contributed by atoms with van der Waals surface area (Å²) < 4.78 is 0. The molecule has 10 nitrogen and oxygen atoms in total. The molecule has 0 atom stereocenters. The second-order valence-corrected chi connectivity index (χ2v) is 8.98. The second kappa shape index (κ2) is 10.4. The molecule has 2 heterocycles. The number of nitrogens with one attached hydrogen (secondary N) is 2. The van der Waals surface area contributed by atoms with Crippen LogP contribution < -0.4 is 22.3 Å². The van der Waals surface area contributed by atoms with Crippen LogP contribution in [0.3, 0.4) is 0 Å². The van der Waals surface area contributed by atoms with Crippen molar-refractivity contribution in [2.45, 2.75) is 13.8 Å². The third-order valence-electron chi connectivity index (χ3n) is 4.68. The zero-order valence-corrected chi connectivity index (χ0v) is 19.7. The Kier molecular flexibility index (Phi) is 7.38. The molecule has 0 unspecified atom stereocenters. The molecule has 2 amide bonds. The number of benzene rings is 1. The van der Waals surface area contributed by atoms with E-state index in [1.54, 1.807) is 38.1 Å². The van der Waals surface area contributed by atoms with Gasteiger partial charge in [0.2, 0.25) is 0 Å². The van der Waals surface area contributed by atoms with E-state index in [1.165, 1.54) is 12.4 Å². The molecular formula is C22H18N8O2S2. The number of anilines is 2. The van der Waals surface area contributed by atoms with Gasteiger partial charge in [-0.05, 0) is 36.1 Å². The van der Waals surface area contributed by atoms with E-state index in [0.29, 0.717) is 42.0 Å². The Morgan fingerprint density at radius 1 is 0.824 bits per heavy atom. The Hall–Kier alpha value is -4.52. The molecule has 0 spiro atoms. The highest BCUT2D eigenvalue weighted by Gasteiger charge is 2.19. The minimum Gasteiger partial charge on any atom is -0.389 e. The van der Waals surface area contributed by atoms with Gasteiger partial charge in [0.1, 0.15) is 31.9 Å². The number of nitriles is 2. The Morgan fingerprint density at radius 3 is 1.47 bits per heavy atom. The lowest BCUT2D eigenvalue weighted by molar-refractivity contribution is 0.0950. The number of nitrogens with two attached hydrogens (primary N) is 2. The van der Waals surface area contributed by atoms with Gasteiger partial charge in [0.05, 0.1) is 23.6 Å². The van der Waals surface area contributed by atoms with Gasteiger partial charge in [0.15, 0.2) is 0 Å². The van der Waals surface area contributed by atoms with Crippen molar-refractivity contribution < 1.29 is 9.59 Å².